The summed E-state index contributed by atoms with van der Waals surface area (Å²) in [5, 5.41) is 0.574. The first kappa shape index (κ1) is 16.3. The number of nitrogen functional groups attached to an aromatic ring is 1. The summed E-state index contributed by atoms with van der Waals surface area (Å²) in [5.41, 5.74) is 7.49. The van der Waals surface area contributed by atoms with Crippen LogP contribution in [0.3, 0.4) is 0 Å². The van der Waals surface area contributed by atoms with Crippen LogP contribution in [-0.2, 0) is 11.2 Å². The maximum absolute atomic E-state index is 11.7. The third-order valence-corrected chi connectivity index (χ3v) is 5.41. The fraction of sp³-hybridized carbons (Fsp3) is 0.667. The zero-order chi connectivity index (χ0) is 15.4. The number of anilines is 1. The van der Waals surface area contributed by atoms with Gasteiger partial charge in [-0.25, -0.2) is 4.79 Å². The van der Waals surface area contributed by atoms with Crippen molar-refractivity contribution in [1.29, 1.82) is 0 Å². The molecule has 0 amide bonds. The van der Waals surface area contributed by atoms with Gasteiger partial charge in [-0.15, -0.1) is 11.3 Å². The molecule has 1 aromatic rings. The highest BCUT2D eigenvalue weighted by Gasteiger charge is 2.21. The Kier molecular flexibility index (Phi) is 5.61. The molecule has 21 heavy (non-hydrogen) atoms. The zero-order valence-corrected chi connectivity index (χ0v) is 14.0. The quantitative estimate of drug-likeness (QED) is 0.837. The topological polar surface area (TPSA) is 58.8 Å². The standard InChI is InChI=1S/C15H25N3O2S/c1-4-17-7-9-18(10-8-17)6-5-12-11(2)13(14(16)21-12)15(19)20-3/h4-10,16H2,1-3H3. The summed E-state index contributed by atoms with van der Waals surface area (Å²) in [6.45, 7) is 10.9. The van der Waals surface area contributed by atoms with E-state index in [-0.39, 0.29) is 5.97 Å². The highest BCUT2D eigenvalue weighted by Crippen LogP contribution is 2.31. The highest BCUT2D eigenvalue weighted by atomic mass is 32.1. The molecule has 2 rings (SSSR count). The number of hydrogen-bond donors (Lipinski definition) is 1. The summed E-state index contributed by atoms with van der Waals surface area (Å²) < 4.78 is 4.80. The molecule has 6 heteroatoms. The van der Waals surface area contributed by atoms with Gasteiger partial charge in [-0.1, -0.05) is 6.92 Å². The van der Waals surface area contributed by atoms with Gasteiger partial charge in [-0.3, -0.25) is 0 Å². The number of carbonyl (C=O) groups excluding carboxylic acids is 1. The van der Waals surface area contributed by atoms with Crippen molar-refractivity contribution < 1.29 is 9.53 Å². The molecule has 0 radical (unpaired) electrons. The lowest BCUT2D eigenvalue weighted by atomic mass is 10.1. The van der Waals surface area contributed by atoms with Gasteiger partial charge in [-0.2, -0.15) is 0 Å². The summed E-state index contributed by atoms with van der Waals surface area (Å²) in [5.74, 6) is -0.330. The summed E-state index contributed by atoms with van der Waals surface area (Å²) in [4.78, 5) is 17.9. The van der Waals surface area contributed by atoms with E-state index in [0.717, 1.165) is 51.3 Å². The van der Waals surface area contributed by atoms with E-state index in [1.165, 1.54) is 23.3 Å². The Morgan fingerprint density at radius 2 is 1.90 bits per heavy atom. The molecule has 0 atom stereocenters. The molecule has 1 aliphatic rings. The number of nitrogens with two attached hydrogens (primary N) is 1. The number of rotatable bonds is 5. The lowest BCUT2D eigenvalue weighted by molar-refractivity contribution is 0.0601. The van der Waals surface area contributed by atoms with Crippen LogP contribution in [0.15, 0.2) is 0 Å². The second-order valence-electron chi connectivity index (χ2n) is 5.41. The van der Waals surface area contributed by atoms with Gasteiger partial charge < -0.3 is 20.3 Å². The third kappa shape index (κ3) is 3.75. The molecule has 0 aromatic carbocycles. The van der Waals surface area contributed by atoms with Crippen LogP contribution in [0.1, 0.15) is 27.7 Å². The van der Waals surface area contributed by atoms with E-state index in [1.807, 2.05) is 6.92 Å². The van der Waals surface area contributed by atoms with Crippen molar-refractivity contribution in [3.63, 3.8) is 0 Å². The number of carbonyl (C=O) groups is 1. The molecule has 0 unspecified atom stereocenters. The Bertz CT molecular complexity index is 493. The minimum atomic E-state index is -0.330. The smallest absolute Gasteiger partial charge is 0.341 e. The Morgan fingerprint density at radius 3 is 2.48 bits per heavy atom. The van der Waals surface area contributed by atoms with E-state index in [2.05, 4.69) is 16.7 Å². The average molecular weight is 311 g/mol. The summed E-state index contributed by atoms with van der Waals surface area (Å²) in [6, 6.07) is 0. The molecule has 0 saturated carbocycles. The van der Waals surface area contributed by atoms with Gasteiger partial charge >= 0.3 is 5.97 Å². The summed E-state index contributed by atoms with van der Waals surface area (Å²) in [6.07, 6.45) is 0.948. The number of likely N-dealkylation sites (N-methyl/N-ethyl adjacent to an activating group) is 1. The lowest BCUT2D eigenvalue weighted by Crippen LogP contribution is -2.46. The summed E-state index contributed by atoms with van der Waals surface area (Å²) >= 11 is 1.52. The fourth-order valence-electron chi connectivity index (χ4n) is 2.77. The van der Waals surface area contributed by atoms with E-state index >= 15 is 0 Å². The van der Waals surface area contributed by atoms with Gasteiger partial charge in [-0.05, 0) is 25.5 Å². The van der Waals surface area contributed by atoms with E-state index < -0.39 is 0 Å². The van der Waals surface area contributed by atoms with Crippen LogP contribution in [0.4, 0.5) is 5.00 Å². The molecule has 1 fully saturated rings. The first-order valence-electron chi connectivity index (χ1n) is 7.47. The second-order valence-corrected chi connectivity index (χ2v) is 6.54. The van der Waals surface area contributed by atoms with E-state index in [0.29, 0.717) is 10.6 Å². The zero-order valence-electron chi connectivity index (χ0n) is 13.1. The number of hydrogen-bond acceptors (Lipinski definition) is 6. The monoisotopic (exact) mass is 311 g/mol. The lowest BCUT2D eigenvalue weighted by Gasteiger charge is -2.33. The van der Waals surface area contributed by atoms with Crippen LogP contribution in [-0.4, -0.2) is 62.1 Å². The van der Waals surface area contributed by atoms with E-state index in [9.17, 15) is 4.79 Å². The van der Waals surface area contributed by atoms with Gasteiger partial charge in [0.15, 0.2) is 0 Å². The van der Waals surface area contributed by atoms with Gasteiger partial charge in [0, 0.05) is 37.6 Å². The molecule has 118 valence electrons. The minimum Gasteiger partial charge on any atom is -0.465 e. The molecule has 1 saturated heterocycles. The molecule has 2 heterocycles. The molecule has 1 aliphatic heterocycles. The van der Waals surface area contributed by atoms with Gasteiger partial charge in [0.2, 0.25) is 0 Å². The minimum absolute atomic E-state index is 0.330. The van der Waals surface area contributed by atoms with Gasteiger partial charge in [0.1, 0.15) is 5.00 Å². The van der Waals surface area contributed by atoms with E-state index in [1.54, 1.807) is 0 Å². The van der Waals surface area contributed by atoms with Crippen LogP contribution in [0.2, 0.25) is 0 Å². The van der Waals surface area contributed by atoms with Crippen molar-refractivity contribution >= 4 is 22.3 Å². The number of nitrogens with zero attached hydrogens (tertiary/aromatic N) is 2. The highest BCUT2D eigenvalue weighted by molar-refractivity contribution is 7.16. The predicted molar refractivity (Wildman–Crippen MR) is 87.1 cm³/mol. The molecule has 0 spiro atoms. The Balaban J connectivity index is 1.94. The van der Waals surface area contributed by atoms with Crippen LogP contribution < -0.4 is 5.73 Å². The van der Waals surface area contributed by atoms with Crippen molar-refractivity contribution in [1.82, 2.24) is 9.80 Å². The van der Waals surface area contributed by atoms with Crippen LogP contribution in [0, 0.1) is 6.92 Å². The molecule has 2 N–H and O–H groups in total. The third-order valence-electron chi connectivity index (χ3n) is 4.23. The van der Waals surface area contributed by atoms with Crippen LogP contribution in [0.5, 0.6) is 0 Å². The van der Waals surface area contributed by atoms with E-state index in [4.69, 9.17) is 10.5 Å². The first-order chi connectivity index (χ1) is 10.1. The van der Waals surface area contributed by atoms with Crippen molar-refractivity contribution in [2.45, 2.75) is 20.3 Å². The number of piperazine rings is 1. The van der Waals surface area contributed by atoms with Gasteiger partial charge in [0.05, 0.1) is 12.7 Å². The first-order valence-corrected chi connectivity index (χ1v) is 8.29. The number of esters is 1. The normalized spacial score (nSPS) is 17.1. The van der Waals surface area contributed by atoms with Crippen LogP contribution in [0.25, 0.3) is 0 Å². The molecule has 1 aromatic heterocycles. The Morgan fingerprint density at radius 1 is 1.29 bits per heavy atom. The SMILES string of the molecule is CCN1CCN(CCc2sc(N)c(C(=O)OC)c2C)CC1. The predicted octanol–water partition coefficient (Wildman–Crippen LogP) is 1.61. The summed E-state index contributed by atoms with van der Waals surface area (Å²) in [7, 11) is 1.39. The Hall–Kier alpha value is -1.11. The number of ether oxygens (including phenoxy) is 1. The molecular weight excluding hydrogens is 286 g/mol. The second kappa shape index (κ2) is 7.24. The van der Waals surface area contributed by atoms with Crippen molar-refractivity contribution in [2.24, 2.45) is 0 Å². The number of thiophene rings is 1. The molecule has 0 aliphatic carbocycles. The maximum atomic E-state index is 11.7. The Labute approximate surface area is 130 Å². The van der Waals surface area contributed by atoms with Crippen molar-refractivity contribution in [3.05, 3.63) is 16.0 Å². The van der Waals surface area contributed by atoms with Crippen molar-refractivity contribution in [2.75, 3.05) is 52.1 Å². The number of methoxy groups -OCH3 is 1. The molecule has 0 bridgehead atoms. The average Bonchev–Trinajstić information content (AvgIpc) is 2.79. The van der Waals surface area contributed by atoms with Crippen molar-refractivity contribution in [3.8, 4) is 0 Å². The molecular formula is C15H25N3O2S. The molecule has 5 nitrogen and oxygen atoms in total. The fourth-order valence-corrected chi connectivity index (χ4v) is 3.82. The maximum Gasteiger partial charge on any atom is 0.341 e. The van der Waals surface area contributed by atoms with Crippen LogP contribution >= 0.6 is 11.3 Å². The van der Waals surface area contributed by atoms with Gasteiger partial charge in [0.25, 0.3) is 0 Å². The largest absolute Gasteiger partial charge is 0.465 e.